The number of hydrogen-bond donors (Lipinski definition) is 3. The van der Waals surface area contributed by atoms with Crippen molar-refractivity contribution in [3.63, 3.8) is 0 Å². The Morgan fingerprint density at radius 3 is 1.88 bits per heavy atom. The van der Waals surface area contributed by atoms with Crippen molar-refractivity contribution >= 4 is 5.69 Å². The van der Waals surface area contributed by atoms with Gasteiger partial charge in [-0.2, -0.15) is 0 Å². The van der Waals surface area contributed by atoms with Gasteiger partial charge in [0.25, 0.3) is 5.69 Å². The van der Waals surface area contributed by atoms with E-state index >= 15 is 0 Å². The average Bonchev–Trinajstić information content (AvgIpc) is 2.66. The molecule has 0 saturated heterocycles. The molecule has 0 aliphatic heterocycles. The van der Waals surface area contributed by atoms with Crippen molar-refractivity contribution in [2.24, 2.45) is 0 Å². The van der Waals surface area contributed by atoms with Gasteiger partial charge >= 0.3 is 0 Å². The molecule has 2 aromatic carbocycles. The summed E-state index contributed by atoms with van der Waals surface area (Å²) in [7, 11) is 0. The highest BCUT2D eigenvalue weighted by molar-refractivity contribution is 5.35. The predicted molar refractivity (Wildman–Crippen MR) is 95.4 cm³/mol. The molecule has 0 aliphatic rings. The van der Waals surface area contributed by atoms with E-state index in [1.165, 1.54) is 24.3 Å². The first-order valence-corrected chi connectivity index (χ1v) is 8.16. The fraction of sp³-hybridized carbons (Fsp3) is 0.333. The van der Waals surface area contributed by atoms with E-state index in [0.29, 0.717) is 11.5 Å². The molecular weight excluding hydrogens is 340 g/mol. The minimum absolute atomic E-state index is 0.0220. The van der Waals surface area contributed by atoms with E-state index in [-0.39, 0.29) is 32.0 Å². The van der Waals surface area contributed by atoms with E-state index < -0.39 is 17.1 Å². The van der Waals surface area contributed by atoms with E-state index in [4.69, 9.17) is 9.47 Å². The molecule has 2 unspecified atom stereocenters. The molecule has 140 valence electrons. The predicted octanol–water partition coefficient (Wildman–Crippen LogP) is 1.36. The molecule has 2 atom stereocenters. The molecule has 0 saturated carbocycles. The number of nitro benzene ring substituents is 1. The van der Waals surface area contributed by atoms with Crippen LogP contribution in [0.2, 0.25) is 0 Å². The molecule has 0 heterocycles. The third-order valence-electron chi connectivity index (χ3n) is 3.44. The molecule has 26 heavy (non-hydrogen) atoms. The molecule has 0 fully saturated rings. The largest absolute Gasteiger partial charge is 0.491 e. The molecule has 0 aliphatic carbocycles. The number of nitrogens with zero attached hydrogens (tertiary/aromatic N) is 1. The second-order valence-corrected chi connectivity index (χ2v) is 5.65. The normalized spacial score (nSPS) is 13.0. The maximum Gasteiger partial charge on any atom is 0.269 e. The fourth-order valence-corrected chi connectivity index (χ4v) is 2.10. The van der Waals surface area contributed by atoms with Crippen LogP contribution >= 0.6 is 0 Å². The van der Waals surface area contributed by atoms with E-state index in [9.17, 15) is 20.3 Å². The van der Waals surface area contributed by atoms with Crippen LogP contribution < -0.4 is 14.8 Å². The highest BCUT2D eigenvalue weighted by atomic mass is 16.6. The highest BCUT2D eigenvalue weighted by Crippen LogP contribution is 2.17. The molecule has 0 spiro atoms. The van der Waals surface area contributed by atoms with Crippen LogP contribution in [0.25, 0.3) is 0 Å². The highest BCUT2D eigenvalue weighted by Gasteiger charge is 2.10. The number of hydrogen-bond acceptors (Lipinski definition) is 7. The number of aliphatic hydroxyl groups is 2. The first kappa shape index (κ1) is 19.6. The summed E-state index contributed by atoms with van der Waals surface area (Å²) in [5, 5.41) is 33.2. The van der Waals surface area contributed by atoms with Gasteiger partial charge in [-0.1, -0.05) is 18.2 Å². The number of rotatable bonds is 11. The fourth-order valence-electron chi connectivity index (χ4n) is 2.10. The molecule has 0 bridgehead atoms. The standard InChI is InChI=1S/C18H22N2O6/c21-15(12-25-17-4-2-1-3-5-17)10-19-11-16(22)13-26-18-8-6-14(7-9-18)20(23)24/h1-9,15-16,19,21-22H,10-13H2. The Balaban J connectivity index is 1.59. The Morgan fingerprint density at radius 1 is 0.885 bits per heavy atom. The Kier molecular flexibility index (Phi) is 7.81. The summed E-state index contributed by atoms with van der Waals surface area (Å²) in [4.78, 5) is 10.1. The molecule has 0 radical (unpaired) electrons. The van der Waals surface area contributed by atoms with Crippen LogP contribution in [-0.4, -0.2) is 53.6 Å². The van der Waals surface area contributed by atoms with Crippen molar-refractivity contribution < 1.29 is 24.6 Å². The van der Waals surface area contributed by atoms with E-state index in [2.05, 4.69) is 5.32 Å². The van der Waals surface area contributed by atoms with Gasteiger partial charge < -0.3 is 25.0 Å². The number of nitrogens with one attached hydrogen (secondary N) is 1. The SMILES string of the molecule is O=[N+]([O-])c1ccc(OCC(O)CNCC(O)COc2ccccc2)cc1. The van der Waals surface area contributed by atoms with Gasteiger partial charge in [-0.25, -0.2) is 0 Å². The zero-order chi connectivity index (χ0) is 18.8. The van der Waals surface area contributed by atoms with Crippen molar-refractivity contribution in [2.75, 3.05) is 26.3 Å². The van der Waals surface area contributed by atoms with Gasteiger partial charge in [0.05, 0.1) is 4.92 Å². The molecule has 2 rings (SSSR count). The molecule has 3 N–H and O–H groups in total. The first-order chi connectivity index (χ1) is 12.5. The average molecular weight is 362 g/mol. The number of para-hydroxylation sites is 1. The summed E-state index contributed by atoms with van der Waals surface area (Å²) in [5.41, 5.74) is -0.0220. The summed E-state index contributed by atoms with van der Waals surface area (Å²) in [6, 6.07) is 14.8. The minimum Gasteiger partial charge on any atom is -0.491 e. The molecular formula is C18H22N2O6. The zero-order valence-corrected chi connectivity index (χ0v) is 14.2. The second kappa shape index (κ2) is 10.3. The van der Waals surface area contributed by atoms with Gasteiger partial charge in [0, 0.05) is 25.2 Å². The summed E-state index contributed by atoms with van der Waals surface area (Å²) in [6.07, 6.45) is -1.49. The van der Waals surface area contributed by atoms with Crippen molar-refractivity contribution in [1.82, 2.24) is 5.32 Å². The number of benzene rings is 2. The van der Waals surface area contributed by atoms with Crippen LogP contribution in [0.3, 0.4) is 0 Å². The zero-order valence-electron chi connectivity index (χ0n) is 14.2. The number of ether oxygens (including phenoxy) is 2. The Hall–Kier alpha value is -2.68. The number of non-ortho nitro benzene ring substituents is 1. The van der Waals surface area contributed by atoms with E-state index in [0.717, 1.165) is 0 Å². The number of nitro groups is 1. The van der Waals surface area contributed by atoms with Crippen LogP contribution in [0, 0.1) is 10.1 Å². The summed E-state index contributed by atoms with van der Waals surface area (Å²) in [5.74, 6) is 1.12. The van der Waals surface area contributed by atoms with Gasteiger partial charge in [-0.15, -0.1) is 0 Å². The summed E-state index contributed by atoms with van der Waals surface area (Å²) < 4.78 is 10.8. The maximum atomic E-state index is 10.6. The van der Waals surface area contributed by atoms with Crippen LogP contribution in [-0.2, 0) is 0 Å². The summed E-state index contributed by atoms with van der Waals surface area (Å²) >= 11 is 0. The second-order valence-electron chi connectivity index (χ2n) is 5.65. The third kappa shape index (κ3) is 7.06. The van der Waals surface area contributed by atoms with Crippen LogP contribution in [0.15, 0.2) is 54.6 Å². The Labute approximate surface area is 151 Å². The van der Waals surface area contributed by atoms with Gasteiger partial charge in [0.2, 0.25) is 0 Å². The molecule has 0 amide bonds. The van der Waals surface area contributed by atoms with Crippen LogP contribution in [0.5, 0.6) is 11.5 Å². The van der Waals surface area contributed by atoms with Crippen LogP contribution in [0.1, 0.15) is 0 Å². The van der Waals surface area contributed by atoms with Gasteiger partial charge in [0.1, 0.15) is 36.9 Å². The summed E-state index contributed by atoms with van der Waals surface area (Å²) in [6.45, 7) is 0.671. The van der Waals surface area contributed by atoms with Crippen molar-refractivity contribution in [3.05, 3.63) is 64.7 Å². The van der Waals surface area contributed by atoms with Crippen molar-refractivity contribution in [1.29, 1.82) is 0 Å². The monoisotopic (exact) mass is 362 g/mol. The van der Waals surface area contributed by atoms with E-state index in [1.807, 2.05) is 18.2 Å². The van der Waals surface area contributed by atoms with Gasteiger partial charge in [0.15, 0.2) is 0 Å². The lowest BCUT2D eigenvalue weighted by atomic mass is 10.3. The lowest BCUT2D eigenvalue weighted by Gasteiger charge is -2.16. The molecule has 8 heteroatoms. The minimum atomic E-state index is -0.785. The van der Waals surface area contributed by atoms with Crippen molar-refractivity contribution in [3.8, 4) is 11.5 Å². The number of aliphatic hydroxyl groups excluding tert-OH is 2. The Bertz CT molecular complexity index is 665. The van der Waals surface area contributed by atoms with Crippen LogP contribution in [0.4, 0.5) is 5.69 Å². The smallest absolute Gasteiger partial charge is 0.269 e. The maximum absolute atomic E-state index is 10.6. The quantitative estimate of drug-likeness (QED) is 0.408. The molecule has 8 nitrogen and oxygen atoms in total. The topological polar surface area (TPSA) is 114 Å². The van der Waals surface area contributed by atoms with E-state index in [1.54, 1.807) is 12.1 Å². The first-order valence-electron chi connectivity index (χ1n) is 8.16. The Morgan fingerprint density at radius 2 is 1.38 bits per heavy atom. The van der Waals surface area contributed by atoms with Crippen molar-refractivity contribution in [2.45, 2.75) is 12.2 Å². The third-order valence-corrected chi connectivity index (χ3v) is 3.44. The lowest BCUT2D eigenvalue weighted by Crippen LogP contribution is -2.37. The van der Waals surface area contributed by atoms with Gasteiger partial charge in [-0.05, 0) is 24.3 Å². The molecule has 2 aromatic rings. The lowest BCUT2D eigenvalue weighted by molar-refractivity contribution is -0.384. The molecule has 0 aromatic heterocycles. The van der Waals surface area contributed by atoms with Gasteiger partial charge in [-0.3, -0.25) is 10.1 Å².